The van der Waals surface area contributed by atoms with Crippen LogP contribution >= 0.6 is 23.2 Å². The van der Waals surface area contributed by atoms with Gasteiger partial charge in [0.25, 0.3) is 0 Å². The summed E-state index contributed by atoms with van der Waals surface area (Å²) in [5.41, 5.74) is 0.561. The number of piperazine rings is 1. The summed E-state index contributed by atoms with van der Waals surface area (Å²) in [6, 6.07) is 1.71. The van der Waals surface area contributed by atoms with Crippen molar-refractivity contribution in [1.82, 2.24) is 9.47 Å². The number of carboxylic acid groups (broad SMARTS) is 1. The average molecular weight is 524 g/mol. The molecule has 1 aliphatic heterocycles. The Kier molecular flexibility index (Phi) is 6.06. The zero-order chi connectivity index (χ0) is 25.0. The average Bonchev–Trinajstić information content (AvgIpc) is 3.57. The van der Waals surface area contributed by atoms with Gasteiger partial charge in [-0.05, 0) is 32.8 Å². The maximum Gasteiger partial charge on any atom is 0.519 e. The van der Waals surface area contributed by atoms with Gasteiger partial charge in [-0.25, -0.2) is 9.59 Å². The number of fused-ring (bicyclic) bond motifs is 1. The fourth-order valence-corrected chi connectivity index (χ4v) is 5.43. The highest BCUT2D eigenvalue weighted by molar-refractivity contribution is 6.42. The van der Waals surface area contributed by atoms with Crippen LogP contribution in [-0.2, 0) is 6.54 Å². The van der Waals surface area contributed by atoms with Gasteiger partial charge in [0.05, 0.1) is 39.4 Å². The minimum absolute atomic E-state index is 0.0724. The van der Waals surface area contributed by atoms with Gasteiger partial charge in [-0.15, -0.1) is 0 Å². The van der Waals surface area contributed by atoms with E-state index in [1.54, 1.807) is 6.92 Å². The van der Waals surface area contributed by atoms with Gasteiger partial charge < -0.3 is 28.1 Å². The fourth-order valence-electron chi connectivity index (χ4n) is 4.64. The topological polar surface area (TPSA) is 118 Å². The van der Waals surface area contributed by atoms with Crippen molar-refractivity contribution in [2.24, 2.45) is 0 Å². The highest BCUT2D eigenvalue weighted by atomic mass is 35.5. The summed E-state index contributed by atoms with van der Waals surface area (Å²) in [4.78, 5) is 39.7. The van der Waals surface area contributed by atoms with Crippen LogP contribution in [0.2, 0.25) is 10.0 Å². The molecular weight excluding hydrogens is 501 g/mol. The van der Waals surface area contributed by atoms with Crippen molar-refractivity contribution in [3.63, 3.8) is 0 Å². The van der Waals surface area contributed by atoms with Crippen molar-refractivity contribution in [2.75, 3.05) is 24.5 Å². The molecule has 0 spiro atoms. The number of benzene rings is 1. The molecule has 2 aliphatic rings. The third kappa shape index (κ3) is 4.41. The van der Waals surface area contributed by atoms with Crippen molar-refractivity contribution < 1.29 is 23.5 Å². The van der Waals surface area contributed by atoms with Crippen LogP contribution in [0.15, 0.2) is 30.7 Å². The number of hydrogen-bond acceptors (Lipinski definition) is 8. The first-order chi connectivity index (χ1) is 16.6. The van der Waals surface area contributed by atoms with Crippen LogP contribution in [0.25, 0.3) is 10.9 Å². The standard InChI is InChI=1S/C23H23Cl2N3O7/c1-11-8-27(6-5-26(11)9-16-12(2)33-23(32)35-16)20-15(24)7-14-19(18(20)25)28(13-3-4-13)10-17(21(14)29)34-22(30)31/h7,10-11,13H,3-6,8-9H2,1-2H3,(H,30,31). The first-order valence-electron chi connectivity index (χ1n) is 11.2. The van der Waals surface area contributed by atoms with E-state index in [9.17, 15) is 14.4 Å². The van der Waals surface area contributed by atoms with Gasteiger partial charge in [-0.1, -0.05) is 23.2 Å². The molecule has 0 bridgehead atoms. The number of nitrogens with zero attached hydrogens (tertiary/aromatic N) is 3. The third-order valence-electron chi connectivity index (χ3n) is 6.55. The van der Waals surface area contributed by atoms with E-state index < -0.39 is 17.4 Å². The van der Waals surface area contributed by atoms with Crippen molar-refractivity contribution in [2.45, 2.75) is 45.3 Å². The Morgan fingerprint density at radius 3 is 2.57 bits per heavy atom. The quantitative estimate of drug-likeness (QED) is 0.489. The zero-order valence-corrected chi connectivity index (χ0v) is 20.6. The molecule has 1 aliphatic carbocycles. The molecule has 5 rings (SSSR count). The summed E-state index contributed by atoms with van der Waals surface area (Å²) >= 11 is 13.6. The monoisotopic (exact) mass is 523 g/mol. The minimum atomic E-state index is -1.56. The molecule has 1 atom stereocenters. The largest absolute Gasteiger partial charge is 0.519 e. The molecule has 2 fully saturated rings. The number of aromatic nitrogens is 1. The first kappa shape index (κ1) is 23.8. The van der Waals surface area contributed by atoms with Gasteiger partial charge in [0, 0.05) is 31.7 Å². The Bertz CT molecular complexity index is 1440. The lowest BCUT2D eigenvalue weighted by atomic mass is 10.1. The smallest absolute Gasteiger partial charge is 0.449 e. The van der Waals surface area contributed by atoms with E-state index in [1.807, 2.05) is 4.57 Å². The lowest BCUT2D eigenvalue weighted by Gasteiger charge is -2.41. The minimum Gasteiger partial charge on any atom is -0.449 e. The predicted octanol–water partition coefficient (Wildman–Crippen LogP) is 4.27. The molecule has 186 valence electrons. The molecule has 1 saturated carbocycles. The Labute approximate surface area is 209 Å². The molecule has 10 nitrogen and oxygen atoms in total. The number of aryl methyl sites for hydroxylation is 1. The molecule has 35 heavy (non-hydrogen) atoms. The lowest BCUT2D eigenvalue weighted by molar-refractivity contribution is 0.143. The van der Waals surface area contributed by atoms with Gasteiger partial charge in [0.1, 0.15) is 5.76 Å². The number of rotatable bonds is 5. The van der Waals surface area contributed by atoms with Crippen LogP contribution in [-0.4, -0.2) is 46.4 Å². The Morgan fingerprint density at radius 2 is 1.97 bits per heavy atom. The van der Waals surface area contributed by atoms with Gasteiger partial charge >= 0.3 is 12.0 Å². The van der Waals surface area contributed by atoms with E-state index in [1.165, 1.54) is 12.3 Å². The molecule has 1 saturated heterocycles. The van der Waals surface area contributed by atoms with Crippen molar-refractivity contribution in [3.8, 4) is 5.75 Å². The van der Waals surface area contributed by atoms with Crippen LogP contribution in [0.1, 0.15) is 37.3 Å². The predicted molar refractivity (Wildman–Crippen MR) is 129 cm³/mol. The molecule has 0 amide bonds. The van der Waals surface area contributed by atoms with Crippen molar-refractivity contribution >= 4 is 45.9 Å². The molecule has 2 aromatic heterocycles. The molecule has 0 radical (unpaired) electrons. The Morgan fingerprint density at radius 1 is 1.23 bits per heavy atom. The number of ether oxygens (including phenoxy) is 1. The zero-order valence-electron chi connectivity index (χ0n) is 19.0. The van der Waals surface area contributed by atoms with E-state index in [2.05, 4.69) is 16.7 Å². The maximum absolute atomic E-state index is 13.0. The molecule has 1 aromatic carbocycles. The summed E-state index contributed by atoms with van der Waals surface area (Å²) in [5, 5.41) is 9.88. The van der Waals surface area contributed by atoms with E-state index >= 15 is 0 Å². The normalized spacial score (nSPS) is 18.9. The summed E-state index contributed by atoms with van der Waals surface area (Å²) < 4.78 is 16.7. The lowest BCUT2D eigenvalue weighted by Crippen LogP contribution is -2.51. The summed E-state index contributed by atoms with van der Waals surface area (Å²) in [7, 11) is 0. The van der Waals surface area contributed by atoms with Crippen molar-refractivity contribution in [3.05, 3.63) is 54.7 Å². The van der Waals surface area contributed by atoms with Gasteiger partial charge in [0.2, 0.25) is 5.43 Å². The molecule has 3 aromatic rings. The summed E-state index contributed by atoms with van der Waals surface area (Å²) in [6.07, 6.45) is 1.63. The van der Waals surface area contributed by atoms with Gasteiger partial charge in [-0.3, -0.25) is 9.69 Å². The van der Waals surface area contributed by atoms with Crippen molar-refractivity contribution in [1.29, 1.82) is 0 Å². The van der Waals surface area contributed by atoms with Crippen LogP contribution in [0.4, 0.5) is 10.5 Å². The maximum atomic E-state index is 13.0. The second-order valence-corrected chi connectivity index (χ2v) is 9.73. The molecular formula is C23H23Cl2N3O7. The number of halogens is 2. The molecule has 1 unspecified atom stereocenters. The van der Waals surface area contributed by atoms with E-state index in [-0.39, 0.29) is 23.2 Å². The van der Waals surface area contributed by atoms with Crippen LogP contribution in [0.5, 0.6) is 5.75 Å². The fraction of sp³-hybridized carbons (Fsp3) is 0.435. The first-order valence-corrected chi connectivity index (χ1v) is 12.0. The van der Waals surface area contributed by atoms with Gasteiger partial charge in [0.15, 0.2) is 11.5 Å². The number of hydrogen-bond donors (Lipinski definition) is 1. The highest BCUT2D eigenvalue weighted by Gasteiger charge is 2.32. The van der Waals surface area contributed by atoms with E-state index in [0.717, 1.165) is 12.8 Å². The molecule has 3 heterocycles. The number of pyridine rings is 1. The van der Waals surface area contributed by atoms with E-state index in [4.69, 9.17) is 41.9 Å². The number of carbonyl (C=O) groups is 1. The third-order valence-corrected chi connectivity index (χ3v) is 7.20. The Balaban J connectivity index is 1.50. The van der Waals surface area contributed by atoms with Gasteiger partial charge in [-0.2, -0.15) is 0 Å². The Hall–Kier alpha value is -2.95. The number of anilines is 1. The second kappa shape index (κ2) is 8.92. The summed E-state index contributed by atoms with van der Waals surface area (Å²) in [6.45, 7) is 6.05. The second-order valence-electron chi connectivity index (χ2n) is 8.95. The summed E-state index contributed by atoms with van der Waals surface area (Å²) in [5.74, 6) is -0.0169. The van der Waals surface area contributed by atoms with Crippen LogP contribution in [0.3, 0.4) is 0 Å². The van der Waals surface area contributed by atoms with Crippen LogP contribution in [0, 0.1) is 6.92 Å². The highest BCUT2D eigenvalue weighted by Crippen LogP contribution is 2.44. The molecule has 1 N–H and O–H groups in total. The van der Waals surface area contributed by atoms with E-state index in [0.29, 0.717) is 58.9 Å². The SMILES string of the molecule is Cc1oc(=O)oc1CN1CCN(c2c(Cl)cc3c(=O)c(OC(=O)O)cn(C4CC4)c3c2Cl)CC1C. The van der Waals surface area contributed by atoms with Crippen LogP contribution < -0.4 is 20.9 Å². The molecule has 12 heteroatoms.